The largest absolute Gasteiger partial charge is 0.490 e. The van der Waals surface area contributed by atoms with E-state index in [1.54, 1.807) is 59.6 Å². The molecule has 5 heterocycles. The fraction of sp³-hybridized carbons (Fsp3) is 0.477. The zero-order valence-electron chi connectivity index (χ0n) is 35.0. The van der Waals surface area contributed by atoms with Crippen LogP contribution in [0.3, 0.4) is 0 Å². The van der Waals surface area contributed by atoms with E-state index in [0.29, 0.717) is 62.8 Å². The molecule has 0 spiro atoms. The molecule has 336 valence electrons. The van der Waals surface area contributed by atoms with Gasteiger partial charge in [-0.15, -0.1) is 0 Å². The van der Waals surface area contributed by atoms with Gasteiger partial charge in [0.1, 0.15) is 30.0 Å². The van der Waals surface area contributed by atoms with Crippen molar-refractivity contribution >= 4 is 40.3 Å². The molecule has 3 N–H and O–H groups in total. The highest BCUT2D eigenvalue weighted by Crippen LogP contribution is 2.37. The maximum Gasteiger partial charge on any atom is 0.416 e. The molecule has 0 aliphatic carbocycles. The number of likely N-dealkylation sites (tertiary alicyclic amines) is 3. The Bertz CT molecular complexity index is 2190. The molecule has 3 aliphatic heterocycles. The van der Waals surface area contributed by atoms with Crippen LogP contribution in [-0.4, -0.2) is 145 Å². The number of amides is 4. The third kappa shape index (κ3) is 11.8. The highest BCUT2D eigenvalue weighted by atomic mass is 19.4. The monoisotopic (exact) mass is 875 g/mol. The highest BCUT2D eigenvalue weighted by Gasteiger charge is 2.42. The number of alkyl halides is 3. The molecule has 0 saturated carbocycles. The second-order valence-corrected chi connectivity index (χ2v) is 15.8. The Morgan fingerprint density at radius 3 is 2.40 bits per heavy atom. The van der Waals surface area contributed by atoms with Crippen LogP contribution in [0.25, 0.3) is 10.9 Å². The summed E-state index contributed by atoms with van der Waals surface area (Å²) >= 11 is 0. The van der Waals surface area contributed by atoms with E-state index in [-0.39, 0.29) is 66.5 Å². The first kappa shape index (κ1) is 45.1. The summed E-state index contributed by atoms with van der Waals surface area (Å²) in [5, 5.41) is 8.92. The van der Waals surface area contributed by atoms with Gasteiger partial charge >= 0.3 is 6.18 Å². The number of pyridine rings is 1. The number of ether oxygens (including phenoxy) is 3. The van der Waals surface area contributed by atoms with Gasteiger partial charge in [0.25, 0.3) is 5.91 Å². The first-order valence-corrected chi connectivity index (χ1v) is 21.2. The van der Waals surface area contributed by atoms with E-state index >= 15 is 0 Å². The van der Waals surface area contributed by atoms with Gasteiger partial charge in [0, 0.05) is 82.6 Å². The maximum atomic E-state index is 13.3. The Kier molecular flexibility index (Phi) is 15.0. The normalized spacial score (nSPS) is 19.8. The average molecular weight is 876 g/mol. The average Bonchev–Trinajstić information content (AvgIpc) is 3.79. The van der Waals surface area contributed by atoms with E-state index in [1.807, 2.05) is 6.07 Å². The Morgan fingerprint density at radius 1 is 0.873 bits per heavy atom. The summed E-state index contributed by atoms with van der Waals surface area (Å²) in [6, 6.07) is 12.8. The Hall–Kier alpha value is -5.92. The molecule has 16 nitrogen and oxygen atoms in total. The molecular weight excluding hydrogens is 824 g/mol. The van der Waals surface area contributed by atoms with Crippen molar-refractivity contribution in [3.63, 3.8) is 0 Å². The van der Waals surface area contributed by atoms with Gasteiger partial charge in [-0.2, -0.15) is 13.2 Å². The molecule has 63 heavy (non-hydrogen) atoms. The lowest BCUT2D eigenvalue weighted by atomic mass is 9.94. The molecule has 3 aliphatic rings. The first-order valence-electron chi connectivity index (χ1n) is 21.2. The lowest BCUT2D eigenvalue weighted by Crippen LogP contribution is -2.40. The third-order valence-corrected chi connectivity index (χ3v) is 11.6. The van der Waals surface area contributed by atoms with Crippen LogP contribution in [0.5, 0.6) is 5.75 Å². The Labute approximate surface area is 362 Å². The molecule has 19 heteroatoms. The molecule has 4 amide bonds. The number of piperidine rings is 1. The summed E-state index contributed by atoms with van der Waals surface area (Å²) in [5.74, 6) is -0.414. The van der Waals surface area contributed by atoms with Crippen molar-refractivity contribution in [2.75, 3.05) is 84.6 Å². The van der Waals surface area contributed by atoms with Gasteiger partial charge in [-0.25, -0.2) is 9.97 Å². The van der Waals surface area contributed by atoms with E-state index in [2.05, 4.69) is 35.8 Å². The van der Waals surface area contributed by atoms with Gasteiger partial charge in [0.05, 0.1) is 49.5 Å². The number of halogens is 3. The topological polar surface area (TPSA) is 180 Å². The van der Waals surface area contributed by atoms with Crippen molar-refractivity contribution in [3.8, 4) is 5.75 Å². The summed E-state index contributed by atoms with van der Waals surface area (Å²) in [6.45, 7) is 5.53. The summed E-state index contributed by atoms with van der Waals surface area (Å²) in [6.07, 6.45) is 2.40. The van der Waals surface area contributed by atoms with Gasteiger partial charge in [0.15, 0.2) is 0 Å². The van der Waals surface area contributed by atoms with E-state index in [0.717, 1.165) is 50.2 Å². The van der Waals surface area contributed by atoms with Gasteiger partial charge in [-0.05, 0) is 73.4 Å². The quantitative estimate of drug-likeness (QED) is 0.117. The number of benzene rings is 2. The van der Waals surface area contributed by atoms with Crippen LogP contribution in [0.15, 0.2) is 73.3 Å². The van der Waals surface area contributed by atoms with Crippen molar-refractivity contribution < 1.29 is 46.6 Å². The smallest absolute Gasteiger partial charge is 0.416 e. The van der Waals surface area contributed by atoms with Crippen molar-refractivity contribution in [3.05, 3.63) is 90.0 Å². The summed E-state index contributed by atoms with van der Waals surface area (Å²) < 4.78 is 57.6. The second-order valence-electron chi connectivity index (χ2n) is 15.8. The molecule has 2 aromatic heterocycles. The molecule has 3 fully saturated rings. The third-order valence-electron chi connectivity index (χ3n) is 11.6. The predicted octanol–water partition coefficient (Wildman–Crippen LogP) is 3.70. The minimum Gasteiger partial charge on any atom is -0.490 e. The van der Waals surface area contributed by atoms with E-state index in [4.69, 9.17) is 14.2 Å². The number of nitrogens with one attached hydrogen (secondary N) is 3. The summed E-state index contributed by atoms with van der Waals surface area (Å²) in [7, 11) is 1.71. The minimum absolute atomic E-state index is 0.0498. The number of hydrogen-bond donors (Lipinski definition) is 3. The van der Waals surface area contributed by atoms with Gasteiger partial charge in [0.2, 0.25) is 17.7 Å². The van der Waals surface area contributed by atoms with E-state index in [1.165, 1.54) is 12.4 Å². The maximum absolute atomic E-state index is 13.3. The molecule has 0 bridgehead atoms. The standard InChI is InChI=1S/C44H52F3N9O7/c1-54-38(57)26-35(39(54)30-3-2-13-48-27-30)42(59)50-15-21-61-23-24-62-22-20-55-16-10-33(11-17-55)63-32-7-4-29(5-8-32)41(58)49-14-19-56-18-12-37(43(56)60)53-40-34-25-31(44(45,46)47)6-9-36(34)51-28-52-40/h2-9,13,25,27-28,33,35,37,39H,10-12,14-24,26H2,1H3,(H,49,58)(H,50,59)(H,51,52,53)/t35-,37-,39+/m0/s1. The van der Waals surface area contributed by atoms with Gasteiger partial charge < -0.3 is 44.9 Å². The van der Waals surface area contributed by atoms with E-state index in [9.17, 15) is 32.3 Å². The Morgan fingerprint density at radius 2 is 1.65 bits per heavy atom. The van der Waals surface area contributed by atoms with Crippen molar-refractivity contribution in [2.45, 2.75) is 50.0 Å². The number of fused-ring (bicyclic) bond motifs is 1. The number of carbonyl (C=O) groups is 4. The fourth-order valence-corrected chi connectivity index (χ4v) is 8.15. The van der Waals surface area contributed by atoms with Gasteiger partial charge in [-0.1, -0.05) is 6.07 Å². The van der Waals surface area contributed by atoms with Crippen LogP contribution in [0.1, 0.15) is 53.2 Å². The number of aromatic nitrogens is 3. The minimum atomic E-state index is -4.53. The zero-order chi connectivity index (χ0) is 44.3. The highest BCUT2D eigenvalue weighted by molar-refractivity contribution is 5.95. The van der Waals surface area contributed by atoms with Crippen LogP contribution < -0.4 is 20.7 Å². The molecule has 4 aromatic rings. The summed E-state index contributed by atoms with van der Waals surface area (Å²) in [4.78, 5) is 69.1. The van der Waals surface area contributed by atoms with Crippen LogP contribution in [0, 0.1) is 5.92 Å². The second kappa shape index (κ2) is 21.0. The SMILES string of the molecule is CN1C(=O)C[C@H](C(=O)NCCOCCOCCN2CCC(Oc3ccc(C(=O)NCCN4CC[C@H](Nc5ncnc6ccc(C(F)(F)F)cc56)C4=O)cc3)CC2)[C@H]1c1cccnc1. The number of hydrogen-bond acceptors (Lipinski definition) is 12. The predicted molar refractivity (Wildman–Crippen MR) is 225 cm³/mol. The van der Waals surface area contributed by atoms with Crippen LogP contribution in [0.4, 0.5) is 19.0 Å². The van der Waals surface area contributed by atoms with Crippen molar-refractivity contribution in [1.82, 2.24) is 40.3 Å². The van der Waals surface area contributed by atoms with E-state index < -0.39 is 23.7 Å². The molecule has 0 radical (unpaired) electrons. The first-order chi connectivity index (χ1) is 30.4. The Balaban J connectivity index is 0.723. The number of rotatable bonds is 19. The molecule has 3 saturated heterocycles. The lowest BCUT2D eigenvalue weighted by Gasteiger charge is -2.32. The van der Waals surface area contributed by atoms with Crippen LogP contribution in [0.2, 0.25) is 0 Å². The van der Waals surface area contributed by atoms with Gasteiger partial charge in [-0.3, -0.25) is 24.2 Å². The molecular formula is C44H52F3N9O7. The zero-order valence-corrected chi connectivity index (χ0v) is 35.0. The van der Waals surface area contributed by atoms with Crippen LogP contribution in [-0.2, 0) is 30.0 Å². The van der Waals surface area contributed by atoms with Crippen LogP contribution >= 0.6 is 0 Å². The molecule has 3 atom stereocenters. The summed E-state index contributed by atoms with van der Waals surface area (Å²) in [5.41, 5.74) is 0.790. The lowest BCUT2D eigenvalue weighted by molar-refractivity contribution is -0.137. The molecule has 7 rings (SSSR count). The molecule has 0 unspecified atom stereocenters. The fourth-order valence-electron chi connectivity index (χ4n) is 8.15. The number of nitrogens with zero attached hydrogens (tertiary/aromatic N) is 6. The number of anilines is 1. The number of carbonyl (C=O) groups excluding carboxylic acids is 4. The molecule has 2 aromatic carbocycles. The van der Waals surface area contributed by atoms with Crippen molar-refractivity contribution in [2.24, 2.45) is 5.92 Å². The van der Waals surface area contributed by atoms with Crippen molar-refractivity contribution in [1.29, 1.82) is 0 Å².